The lowest BCUT2D eigenvalue weighted by Gasteiger charge is -2.35. The second-order valence-electron chi connectivity index (χ2n) is 9.58. The lowest BCUT2D eigenvalue weighted by Crippen LogP contribution is -2.49. The molecular weight excluding hydrogens is 424 g/mol. The summed E-state index contributed by atoms with van der Waals surface area (Å²) in [5, 5.41) is 22.0. The van der Waals surface area contributed by atoms with E-state index in [1.807, 2.05) is 18.2 Å². The maximum absolute atomic E-state index is 12.6. The second kappa shape index (κ2) is 11.6. The van der Waals surface area contributed by atoms with E-state index in [-0.39, 0.29) is 11.3 Å². The Morgan fingerprint density at radius 2 is 1.91 bits per heavy atom. The van der Waals surface area contributed by atoms with Crippen molar-refractivity contribution in [3.05, 3.63) is 29.8 Å². The number of likely N-dealkylation sites (N-methyl/N-ethyl adjacent to an activating group) is 1. The molecule has 1 aliphatic heterocycles. The molecule has 0 radical (unpaired) electrons. The van der Waals surface area contributed by atoms with Crippen LogP contribution in [-0.4, -0.2) is 65.2 Å². The number of amides is 1. The van der Waals surface area contributed by atoms with Gasteiger partial charge in [0.05, 0.1) is 5.92 Å². The van der Waals surface area contributed by atoms with Crippen molar-refractivity contribution >= 4 is 17.8 Å². The van der Waals surface area contributed by atoms with Crippen LogP contribution in [0.2, 0.25) is 0 Å². The lowest BCUT2D eigenvalue weighted by molar-refractivity contribution is -0.151. The smallest absolute Gasteiger partial charge is 0.341 e. The van der Waals surface area contributed by atoms with E-state index in [1.54, 1.807) is 19.9 Å². The number of hydrogen-bond acceptors (Lipinski definition) is 6. The molecule has 1 aliphatic rings. The number of carboxylic acids is 1. The topological polar surface area (TPSA) is 116 Å². The van der Waals surface area contributed by atoms with Crippen LogP contribution in [0.4, 0.5) is 0 Å². The first-order valence-corrected chi connectivity index (χ1v) is 11.7. The normalized spacial score (nSPS) is 22.2. The minimum absolute atomic E-state index is 0.0395. The Hall–Kier alpha value is -2.45. The molecule has 0 aliphatic carbocycles. The maximum atomic E-state index is 12.6. The molecule has 0 bridgehead atoms. The predicted molar refractivity (Wildman–Crippen MR) is 125 cm³/mol. The molecule has 4 atom stereocenters. The molecule has 184 valence electrons. The van der Waals surface area contributed by atoms with E-state index in [0.717, 1.165) is 44.3 Å². The number of hydrogen-bond donors (Lipinski definition) is 3. The first-order valence-electron chi connectivity index (χ1n) is 11.7. The molecule has 33 heavy (non-hydrogen) atoms. The number of carbonyl (C=O) groups is 3. The van der Waals surface area contributed by atoms with Crippen LogP contribution in [0.5, 0.6) is 5.75 Å². The van der Waals surface area contributed by atoms with Crippen LogP contribution in [-0.2, 0) is 19.8 Å². The molecule has 1 amide bonds. The van der Waals surface area contributed by atoms with Crippen LogP contribution in [0.3, 0.4) is 0 Å². The third-order valence-corrected chi connectivity index (χ3v) is 6.72. The number of nitrogens with one attached hydrogen (secondary N) is 1. The molecule has 1 aromatic rings. The highest BCUT2D eigenvalue weighted by Crippen LogP contribution is 2.37. The van der Waals surface area contributed by atoms with Crippen LogP contribution < -0.4 is 10.1 Å². The summed E-state index contributed by atoms with van der Waals surface area (Å²) in [5.74, 6) is -4.04. The molecule has 1 aromatic carbocycles. The van der Waals surface area contributed by atoms with Gasteiger partial charge in [0, 0.05) is 12.0 Å². The third kappa shape index (κ3) is 6.77. The van der Waals surface area contributed by atoms with Crippen molar-refractivity contribution in [1.29, 1.82) is 0 Å². The van der Waals surface area contributed by atoms with Crippen LogP contribution >= 0.6 is 0 Å². The van der Waals surface area contributed by atoms with Gasteiger partial charge in [-0.1, -0.05) is 46.2 Å². The van der Waals surface area contributed by atoms with Crippen LogP contribution in [0.25, 0.3) is 0 Å². The molecule has 1 heterocycles. The van der Waals surface area contributed by atoms with Crippen molar-refractivity contribution < 1.29 is 29.3 Å². The van der Waals surface area contributed by atoms with E-state index in [1.165, 1.54) is 6.92 Å². The summed E-state index contributed by atoms with van der Waals surface area (Å²) in [7, 11) is 2.12. The number of carboxylic acid groups (broad SMARTS) is 1. The Labute approximate surface area is 196 Å². The summed E-state index contributed by atoms with van der Waals surface area (Å²) in [6.45, 7) is 8.84. The van der Waals surface area contributed by atoms with E-state index in [4.69, 9.17) is 4.74 Å². The number of aliphatic carboxylic acids is 1. The quantitative estimate of drug-likeness (QED) is 0.381. The van der Waals surface area contributed by atoms with E-state index < -0.39 is 35.9 Å². The fraction of sp³-hybridized carbons (Fsp3) is 0.640. The van der Waals surface area contributed by atoms with Crippen LogP contribution in [0, 0.1) is 11.8 Å². The zero-order valence-corrected chi connectivity index (χ0v) is 20.3. The number of rotatable bonds is 9. The fourth-order valence-corrected chi connectivity index (χ4v) is 4.46. The highest BCUT2D eigenvalue weighted by atomic mass is 16.5. The number of likely N-dealkylation sites (tertiary alicyclic amines) is 1. The number of aliphatic hydroxyl groups excluding tert-OH is 1. The van der Waals surface area contributed by atoms with Crippen LogP contribution in [0.15, 0.2) is 24.3 Å². The van der Waals surface area contributed by atoms with Gasteiger partial charge in [-0.3, -0.25) is 4.79 Å². The average molecular weight is 463 g/mol. The van der Waals surface area contributed by atoms with Crippen molar-refractivity contribution in [2.75, 3.05) is 20.1 Å². The number of nitrogens with zero attached hydrogens (tertiary/aromatic N) is 1. The number of benzene rings is 1. The summed E-state index contributed by atoms with van der Waals surface area (Å²) in [5.41, 5.74) is 1.05. The molecular formula is C25H38N2O6. The zero-order chi connectivity index (χ0) is 24.8. The minimum Gasteiger partial charge on any atom is -0.480 e. The Morgan fingerprint density at radius 3 is 2.52 bits per heavy atom. The molecule has 1 saturated heterocycles. The number of esters is 1. The van der Waals surface area contributed by atoms with Gasteiger partial charge in [-0.05, 0) is 56.5 Å². The van der Waals surface area contributed by atoms with E-state index >= 15 is 0 Å². The van der Waals surface area contributed by atoms with Gasteiger partial charge in [0.2, 0.25) is 5.91 Å². The van der Waals surface area contributed by atoms with E-state index in [2.05, 4.69) is 24.2 Å². The Morgan fingerprint density at radius 1 is 1.21 bits per heavy atom. The Bertz CT molecular complexity index is 842. The van der Waals surface area contributed by atoms with Gasteiger partial charge in [0.25, 0.3) is 0 Å². The zero-order valence-electron chi connectivity index (χ0n) is 20.3. The molecule has 3 N–H and O–H groups in total. The summed E-state index contributed by atoms with van der Waals surface area (Å²) in [4.78, 5) is 38.7. The summed E-state index contributed by atoms with van der Waals surface area (Å²) in [6, 6.07) is 6.27. The third-order valence-electron chi connectivity index (χ3n) is 6.72. The molecule has 2 rings (SSSR count). The lowest BCUT2D eigenvalue weighted by atomic mass is 9.74. The Balaban J connectivity index is 2.12. The maximum Gasteiger partial charge on any atom is 0.341 e. The highest BCUT2D eigenvalue weighted by molar-refractivity contribution is 5.89. The molecule has 1 fully saturated rings. The molecule has 2 unspecified atom stereocenters. The van der Waals surface area contributed by atoms with E-state index in [9.17, 15) is 24.6 Å². The van der Waals surface area contributed by atoms with Crippen molar-refractivity contribution in [2.45, 2.75) is 70.9 Å². The van der Waals surface area contributed by atoms with Crippen molar-refractivity contribution in [1.82, 2.24) is 10.2 Å². The van der Waals surface area contributed by atoms with Gasteiger partial charge < -0.3 is 25.2 Å². The van der Waals surface area contributed by atoms with Gasteiger partial charge in [-0.2, -0.15) is 0 Å². The van der Waals surface area contributed by atoms with E-state index in [0.29, 0.717) is 5.75 Å². The molecule has 0 aromatic heterocycles. The summed E-state index contributed by atoms with van der Waals surface area (Å²) >= 11 is 0. The number of ether oxygens (including phenoxy) is 1. The van der Waals surface area contributed by atoms with Gasteiger partial charge in [0.15, 0.2) is 6.10 Å². The number of carbonyl (C=O) groups excluding carboxylic acids is 2. The minimum atomic E-state index is -1.72. The standard InChI is InChI=1S/C25H38N2O6/c1-6-25(12-7-8-13-27(5)15-25)18-10-9-11-19(14-18)33-24(32)21(28)17(4)22(29)26-20(16(2)3)23(30)31/h9-11,14,16-17,20-21,28H,6-8,12-13,15H2,1-5H3,(H,26,29)(H,30,31)/t17-,20?,21+,25?/m0/s1. The van der Waals surface area contributed by atoms with Crippen molar-refractivity contribution in [3.63, 3.8) is 0 Å². The molecule has 8 heteroatoms. The first kappa shape index (κ1) is 26.8. The Kier molecular flexibility index (Phi) is 9.43. The number of aliphatic hydroxyl groups is 1. The van der Waals surface area contributed by atoms with Gasteiger partial charge in [0.1, 0.15) is 11.8 Å². The largest absolute Gasteiger partial charge is 0.480 e. The van der Waals surface area contributed by atoms with Gasteiger partial charge >= 0.3 is 11.9 Å². The SMILES string of the molecule is CCC1(c2cccc(OC(=O)[C@H](O)[C@H](C)C(=O)NC(C(=O)O)C(C)C)c2)CCCCN(C)C1. The molecule has 0 spiro atoms. The predicted octanol–water partition coefficient (Wildman–Crippen LogP) is 2.58. The van der Waals surface area contributed by atoms with Crippen molar-refractivity contribution in [2.24, 2.45) is 11.8 Å². The molecule has 0 saturated carbocycles. The van der Waals surface area contributed by atoms with Crippen molar-refractivity contribution in [3.8, 4) is 5.75 Å². The van der Waals surface area contributed by atoms with Gasteiger partial charge in [-0.25, -0.2) is 9.59 Å². The van der Waals surface area contributed by atoms with Crippen LogP contribution in [0.1, 0.15) is 58.9 Å². The average Bonchev–Trinajstić information content (AvgIpc) is 2.97. The first-order chi connectivity index (χ1) is 15.5. The fourth-order valence-electron chi connectivity index (χ4n) is 4.46. The monoisotopic (exact) mass is 462 g/mol. The highest BCUT2D eigenvalue weighted by Gasteiger charge is 2.35. The summed E-state index contributed by atoms with van der Waals surface area (Å²) < 4.78 is 5.43. The summed E-state index contributed by atoms with van der Waals surface area (Å²) in [6.07, 6.45) is 2.56. The second-order valence-corrected chi connectivity index (χ2v) is 9.58. The molecule has 8 nitrogen and oxygen atoms in total. The van der Waals surface area contributed by atoms with Gasteiger partial charge in [-0.15, -0.1) is 0 Å².